The van der Waals surface area contributed by atoms with Crippen molar-refractivity contribution >= 4 is 17.5 Å². The highest BCUT2D eigenvalue weighted by Gasteiger charge is 2.64. The lowest BCUT2D eigenvalue weighted by molar-refractivity contribution is -0.284. The predicted octanol–water partition coefficient (Wildman–Crippen LogP) is 10.3. The van der Waals surface area contributed by atoms with Crippen molar-refractivity contribution in [1.82, 2.24) is 0 Å². The van der Waals surface area contributed by atoms with E-state index in [4.69, 9.17) is 0 Å². The van der Waals surface area contributed by atoms with Gasteiger partial charge in [-0.2, -0.15) is 33.7 Å². The summed E-state index contributed by atoms with van der Waals surface area (Å²) in [6.45, 7) is 6.84. The minimum atomic E-state index is -5.44. The van der Waals surface area contributed by atoms with Crippen LogP contribution in [-0.2, 0) is 4.79 Å². The molecule has 0 saturated heterocycles. The van der Waals surface area contributed by atoms with Crippen LogP contribution in [0.25, 0.3) is 0 Å². The maximum atomic E-state index is 12.9. The Kier molecular flexibility index (Phi) is 10.9. The van der Waals surface area contributed by atoms with Gasteiger partial charge in [0.2, 0.25) is 0 Å². The fourth-order valence-corrected chi connectivity index (χ4v) is 10.3. The highest BCUT2D eigenvalue weighted by molar-refractivity contribution is 7.99. The van der Waals surface area contributed by atoms with Crippen LogP contribution in [0.1, 0.15) is 130 Å². The molecule has 0 spiro atoms. The number of ketones is 1. The minimum absolute atomic E-state index is 0.0130. The lowest BCUT2D eigenvalue weighted by atomic mass is 9.44. The van der Waals surface area contributed by atoms with Gasteiger partial charge in [-0.3, -0.25) is 4.79 Å². The van der Waals surface area contributed by atoms with Crippen molar-refractivity contribution in [3.8, 4) is 0 Å². The molecule has 0 unspecified atom stereocenters. The first-order valence-electron chi connectivity index (χ1n) is 16.6. The third kappa shape index (κ3) is 7.10. The van der Waals surface area contributed by atoms with Crippen molar-refractivity contribution in [1.29, 1.82) is 0 Å². The van der Waals surface area contributed by atoms with Gasteiger partial charge in [-0.05, 0) is 117 Å². The number of carbonyl (C=O) groups is 1. The predicted molar refractivity (Wildman–Crippen MR) is 161 cm³/mol. The first kappa shape index (κ1) is 34.2. The van der Waals surface area contributed by atoms with E-state index in [0.717, 1.165) is 63.5 Å². The van der Waals surface area contributed by atoms with Gasteiger partial charge in [0.05, 0.1) is 5.60 Å². The highest BCUT2D eigenvalue weighted by atomic mass is 32.2. The molecule has 0 bridgehead atoms. The number of fused-ring (bicyclic) bond motifs is 5. The summed E-state index contributed by atoms with van der Waals surface area (Å²) in [5, 5.41) is 11.4. The summed E-state index contributed by atoms with van der Waals surface area (Å²) >= 11 is 1.47. The number of thioether (sulfide) groups is 1. The number of halogens is 5. The molecule has 0 amide bonds. The lowest BCUT2D eigenvalue weighted by Gasteiger charge is -2.61. The Hall–Kier alpha value is -0.630. The van der Waals surface area contributed by atoms with Crippen LogP contribution in [0.4, 0.5) is 22.0 Å². The molecule has 3 fully saturated rings. The molecule has 0 aliphatic heterocycles. The molecule has 242 valence electrons. The van der Waals surface area contributed by atoms with Crippen LogP contribution < -0.4 is 0 Å². The third-order valence-corrected chi connectivity index (χ3v) is 13.4. The Morgan fingerprint density at radius 1 is 0.857 bits per heavy atom. The van der Waals surface area contributed by atoms with E-state index in [0.29, 0.717) is 41.6 Å². The van der Waals surface area contributed by atoms with Gasteiger partial charge < -0.3 is 5.11 Å². The molecule has 4 rings (SSSR count). The van der Waals surface area contributed by atoms with Crippen molar-refractivity contribution in [2.24, 2.45) is 34.5 Å². The van der Waals surface area contributed by atoms with E-state index < -0.39 is 24.1 Å². The van der Waals surface area contributed by atoms with Crippen LogP contribution in [0.2, 0.25) is 0 Å². The Morgan fingerprint density at radius 2 is 1.48 bits per heavy atom. The minimum Gasteiger partial charge on any atom is -0.390 e. The quantitative estimate of drug-likeness (QED) is 0.155. The van der Waals surface area contributed by atoms with Gasteiger partial charge >= 0.3 is 12.1 Å². The van der Waals surface area contributed by atoms with Crippen LogP contribution in [0.3, 0.4) is 0 Å². The molecule has 0 aromatic carbocycles. The molecule has 0 aromatic heterocycles. The smallest absolute Gasteiger partial charge is 0.390 e. The second-order valence-electron chi connectivity index (χ2n) is 14.8. The second kappa shape index (κ2) is 13.4. The van der Waals surface area contributed by atoms with Crippen molar-refractivity contribution in [2.75, 3.05) is 11.5 Å². The van der Waals surface area contributed by atoms with Crippen LogP contribution in [-0.4, -0.2) is 40.1 Å². The summed E-state index contributed by atoms with van der Waals surface area (Å²) in [5.74, 6) is -0.730. The molecule has 1 N–H and O–H groups in total. The highest BCUT2D eigenvalue weighted by Crippen LogP contribution is 2.69. The fraction of sp³-hybridized carbons (Fsp3) is 0.912. The average Bonchev–Trinajstić information content (AvgIpc) is 3.15. The molecular weight excluding hydrogens is 567 g/mol. The van der Waals surface area contributed by atoms with Gasteiger partial charge in [-0.25, -0.2) is 0 Å². The largest absolute Gasteiger partial charge is 0.453 e. The molecule has 0 heterocycles. The Labute approximate surface area is 254 Å². The van der Waals surface area contributed by atoms with Gasteiger partial charge in [-0.15, -0.1) is 0 Å². The molecule has 0 radical (unpaired) electrons. The Balaban J connectivity index is 1.17. The van der Waals surface area contributed by atoms with Gasteiger partial charge in [0, 0.05) is 12.8 Å². The molecule has 4 aliphatic carbocycles. The number of carbonyl (C=O) groups excluding carboxylic acids is 1. The normalized spacial score (nSPS) is 36.8. The SMILES string of the molecule is C[C@]12CCC(=O)C=C1C[C@@H](CCCCCCCCCSCCCC(F)(F)C(F)(F)F)[C@@H]1[C@@H]2CC[C@@]2(C)[C@H]1CC[C@]2(C)O. The Bertz CT molecular complexity index is 962. The molecule has 42 heavy (non-hydrogen) atoms. The van der Waals surface area contributed by atoms with Crippen molar-refractivity contribution in [3.05, 3.63) is 11.6 Å². The maximum Gasteiger partial charge on any atom is 0.453 e. The first-order valence-corrected chi connectivity index (χ1v) is 17.8. The third-order valence-electron chi connectivity index (χ3n) is 12.3. The summed E-state index contributed by atoms with van der Waals surface area (Å²) < 4.78 is 62.5. The molecule has 4 aliphatic rings. The number of alkyl halides is 5. The second-order valence-corrected chi connectivity index (χ2v) is 16.0. The molecular formula is C34H53F5O2S. The molecule has 8 heteroatoms. The number of rotatable bonds is 14. The van der Waals surface area contributed by atoms with Crippen molar-refractivity contribution in [2.45, 2.75) is 148 Å². The van der Waals surface area contributed by atoms with Gasteiger partial charge in [-0.1, -0.05) is 57.9 Å². The molecule has 0 aromatic rings. The number of unbranched alkanes of at least 4 members (excludes halogenated alkanes) is 6. The summed E-state index contributed by atoms with van der Waals surface area (Å²) in [7, 11) is 0. The zero-order valence-corrected chi connectivity index (χ0v) is 26.8. The van der Waals surface area contributed by atoms with E-state index in [9.17, 15) is 31.9 Å². The van der Waals surface area contributed by atoms with Gasteiger partial charge in [0.15, 0.2) is 5.78 Å². The summed E-state index contributed by atoms with van der Waals surface area (Å²) in [6.07, 6.45) is 11.4. The molecule has 3 saturated carbocycles. The standard InChI is InChI=1S/C34H53F5O2S/c1-30-17-13-26(40)23-25(30)22-24(29-27(30)14-18-31(2)28(29)15-19-32(31,3)41)12-9-7-5-4-6-8-10-20-42-21-11-16-33(35,36)34(37,38)39/h23-24,27-29,41H,4-22H2,1-3H3/t24-,27+,28+,29-,30+,31+,32+/m1/s1. The summed E-state index contributed by atoms with van der Waals surface area (Å²) in [5.41, 5.74) is 0.941. The van der Waals surface area contributed by atoms with Crippen LogP contribution in [0.5, 0.6) is 0 Å². The number of aliphatic hydroxyl groups is 1. The van der Waals surface area contributed by atoms with E-state index in [2.05, 4.69) is 20.8 Å². The van der Waals surface area contributed by atoms with Crippen LogP contribution >= 0.6 is 11.8 Å². The van der Waals surface area contributed by atoms with E-state index in [1.807, 2.05) is 6.08 Å². The van der Waals surface area contributed by atoms with Gasteiger partial charge in [0.1, 0.15) is 0 Å². The van der Waals surface area contributed by atoms with E-state index in [1.54, 1.807) is 0 Å². The zero-order chi connectivity index (χ0) is 30.8. The monoisotopic (exact) mass is 620 g/mol. The summed E-state index contributed by atoms with van der Waals surface area (Å²) in [6, 6.07) is 0. The van der Waals surface area contributed by atoms with E-state index in [1.165, 1.54) is 49.4 Å². The topological polar surface area (TPSA) is 37.3 Å². The van der Waals surface area contributed by atoms with Gasteiger partial charge in [0.25, 0.3) is 0 Å². The van der Waals surface area contributed by atoms with E-state index in [-0.39, 0.29) is 17.3 Å². The number of hydrogen-bond acceptors (Lipinski definition) is 3. The first-order chi connectivity index (χ1) is 19.6. The van der Waals surface area contributed by atoms with Crippen LogP contribution in [0, 0.1) is 34.5 Å². The van der Waals surface area contributed by atoms with Crippen LogP contribution in [0.15, 0.2) is 11.6 Å². The number of allylic oxidation sites excluding steroid dienone is 1. The van der Waals surface area contributed by atoms with E-state index >= 15 is 0 Å². The number of hydrogen-bond donors (Lipinski definition) is 1. The lowest BCUT2D eigenvalue weighted by Crippen LogP contribution is -2.56. The maximum absolute atomic E-state index is 12.9. The van der Waals surface area contributed by atoms with Crippen molar-refractivity contribution in [3.63, 3.8) is 0 Å². The fourth-order valence-electron chi connectivity index (χ4n) is 9.38. The average molecular weight is 621 g/mol. The zero-order valence-electron chi connectivity index (χ0n) is 26.0. The molecule has 2 nitrogen and oxygen atoms in total. The Morgan fingerprint density at radius 3 is 2.17 bits per heavy atom. The van der Waals surface area contributed by atoms with Crippen molar-refractivity contribution < 1.29 is 31.9 Å². The summed E-state index contributed by atoms with van der Waals surface area (Å²) in [4.78, 5) is 12.4. The molecule has 7 atom stereocenters.